The Morgan fingerprint density at radius 3 is 2.55 bits per heavy atom. The first kappa shape index (κ1) is 21.5. The van der Waals surface area contributed by atoms with E-state index in [1.54, 1.807) is 36.4 Å². The molecular weight excluding hydrogens is 411 g/mol. The number of hydrogen-bond donors (Lipinski definition) is 2. The van der Waals surface area contributed by atoms with Gasteiger partial charge in [0, 0.05) is 17.7 Å². The van der Waals surface area contributed by atoms with Gasteiger partial charge in [0.2, 0.25) is 5.91 Å². The average molecular weight is 435 g/mol. The summed E-state index contributed by atoms with van der Waals surface area (Å²) in [7, 11) is 0. The molecule has 1 fully saturated rings. The van der Waals surface area contributed by atoms with E-state index in [-0.39, 0.29) is 11.8 Å². The second kappa shape index (κ2) is 9.99. The zero-order valence-corrected chi connectivity index (χ0v) is 17.8. The Labute approximate surface area is 180 Å². The molecule has 0 aromatic heterocycles. The molecule has 2 aromatic rings. The minimum atomic E-state index is -0.318. The molecule has 2 aromatic carbocycles. The van der Waals surface area contributed by atoms with Crippen LogP contribution < -0.4 is 15.4 Å². The molecule has 3 rings (SSSR count). The SMILES string of the molecule is CCCCOc1ccc(C(=O)Nc2ccc(Cl)c(Cl)c2)cc1NC(=O)CC1CC1. The van der Waals surface area contributed by atoms with Gasteiger partial charge in [-0.05, 0) is 61.6 Å². The van der Waals surface area contributed by atoms with Crippen molar-refractivity contribution in [3.63, 3.8) is 0 Å². The van der Waals surface area contributed by atoms with Gasteiger partial charge in [-0.2, -0.15) is 0 Å². The molecule has 2 N–H and O–H groups in total. The Morgan fingerprint density at radius 2 is 1.86 bits per heavy atom. The molecule has 29 heavy (non-hydrogen) atoms. The largest absolute Gasteiger partial charge is 0.491 e. The Kier molecular flexibility index (Phi) is 7.40. The monoisotopic (exact) mass is 434 g/mol. The lowest BCUT2D eigenvalue weighted by atomic mass is 10.1. The number of rotatable bonds is 9. The zero-order valence-electron chi connectivity index (χ0n) is 16.3. The highest BCUT2D eigenvalue weighted by atomic mass is 35.5. The van der Waals surface area contributed by atoms with Gasteiger partial charge in [-0.3, -0.25) is 9.59 Å². The predicted octanol–water partition coefficient (Wildman–Crippen LogP) is 6.16. The third-order valence-electron chi connectivity index (χ3n) is 4.62. The van der Waals surface area contributed by atoms with Crippen LogP contribution in [0.2, 0.25) is 10.0 Å². The fraction of sp³-hybridized carbons (Fsp3) is 0.364. The normalized spacial score (nSPS) is 13.1. The van der Waals surface area contributed by atoms with Crippen molar-refractivity contribution in [1.82, 2.24) is 0 Å². The van der Waals surface area contributed by atoms with E-state index in [9.17, 15) is 9.59 Å². The van der Waals surface area contributed by atoms with Gasteiger partial charge in [-0.25, -0.2) is 0 Å². The minimum absolute atomic E-state index is 0.0603. The van der Waals surface area contributed by atoms with Crippen LogP contribution in [-0.2, 0) is 4.79 Å². The van der Waals surface area contributed by atoms with E-state index in [0.29, 0.717) is 51.7 Å². The fourth-order valence-electron chi connectivity index (χ4n) is 2.78. The van der Waals surface area contributed by atoms with Crippen LogP contribution in [0.1, 0.15) is 49.4 Å². The molecular formula is C22H24Cl2N2O3. The maximum atomic E-state index is 12.7. The number of carbonyl (C=O) groups excluding carboxylic acids is 2. The van der Waals surface area contributed by atoms with Gasteiger partial charge in [0.25, 0.3) is 5.91 Å². The van der Waals surface area contributed by atoms with Crippen LogP contribution >= 0.6 is 23.2 Å². The van der Waals surface area contributed by atoms with Crippen molar-refractivity contribution in [2.24, 2.45) is 5.92 Å². The maximum absolute atomic E-state index is 12.7. The molecule has 0 heterocycles. The summed E-state index contributed by atoms with van der Waals surface area (Å²) < 4.78 is 5.80. The maximum Gasteiger partial charge on any atom is 0.255 e. The number of ether oxygens (including phenoxy) is 1. The zero-order chi connectivity index (χ0) is 20.8. The van der Waals surface area contributed by atoms with E-state index in [0.717, 1.165) is 25.7 Å². The summed E-state index contributed by atoms with van der Waals surface area (Å²) >= 11 is 11.9. The Morgan fingerprint density at radius 1 is 1.07 bits per heavy atom. The second-order valence-electron chi connectivity index (χ2n) is 7.19. The van der Waals surface area contributed by atoms with Crippen molar-refractivity contribution in [2.75, 3.05) is 17.2 Å². The summed E-state index contributed by atoms with van der Waals surface area (Å²) in [6, 6.07) is 9.90. The first-order valence-corrected chi connectivity index (χ1v) is 10.5. The van der Waals surface area contributed by atoms with Crippen LogP contribution in [0.25, 0.3) is 0 Å². The third kappa shape index (κ3) is 6.38. The molecule has 0 saturated heterocycles. The third-order valence-corrected chi connectivity index (χ3v) is 5.36. The number of amides is 2. The quantitative estimate of drug-likeness (QED) is 0.464. The van der Waals surface area contributed by atoms with Crippen LogP contribution in [-0.4, -0.2) is 18.4 Å². The highest BCUT2D eigenvalue weighted by Crippen LogP contribution is 2.34. The summed E-state index contributed by atoms with van der Waals surface area (Å²) in [5.41, 5.74) is 1.45. The number of carbonyl (C=O) groups is 2. The average Bonchev–Trinajstić information content (AvgIpc) is 3.49. The molecule has 154 valence electrons. The summed E-state index contributed by atoms with van der Waals surface area (Å²) in [4.78, 5) is 25.0. The standard InChI is InChI=1S/C22H24Cl2N2O3/c1-2-3-10-29-20-9-6-15(12-19(20)26-21(27)11-14-4-5-14)22(28)25-16-7-8-17(23)18(24)13-16/h6-9,12-14H,2-5,10-11H2,1H3,(H,25,28)(H,26,27). The van der Waals surface area contributed by atoms with Crippen LogP contribution in [0.3, 0.4) is 0 Å². The minimum Gasteiger partial charge on any atom is -0.491 e. The van der Waals surface area contributed by atoms with Crippen molar-refractivity contribution in [3.8, 4) is 5.75 Å². The van der Waals surface area contributed by atoms with Gasteiger partial charge in [-0.15, -0.1) is 0 Å². The van der Waals surface area contributed by atoms with Crippen molar-refractivity contribution < 1.29 is 14.3 Å². The molecule has 2 amide bonds. The molecule has 0 unspecified atom stereocenters. The van der Waals surface area contributed by atoms with Gasteiger partial charge < -0.3 is 15.4 Å². The van der Waals surface area contributed by atoms with Crippen molar-refractivity contribution in [3.05, 3.63) is 52.0 Å². The Hall–Kier alpha value is -2.24. The van der Waals surface area contributed by atoms with Crippen molar-refractivity contribution in [1.29, 1.82) is 0 Å². The lowest BCUT2D eigenvalue weighted by Crippen LogP contribution is -2.16. The van der Waals surface area contributed by atoms with E-state index in [1.807, 2.05) is 0 Å². The van der Waals surface area contributed by atoms with Crippen LogP contribution in [0.5, 0.6) is 5.75 Å². The van der Waals surface area contributed by atoms with Crippen molar-refractivity contribution >= 4 is 46.4 Å². The van der Waals surface area contributed by atoms with Crippen LogP contribution in [0, 0.1) is 5.92 Å². The molecule has 7 heteroatoms. The molecule has 0 atom stereocenters. The molecule has 0 bridgehead atoms. The van der Waals surface area contributed by atoms with Gasteiger partial charge in [0.15, 0.2) is 0 Å². The van der Waals surface area contributed by atoms with Crippen molar-refractivity contribution in [2.45, 2.75) is 39.0 Å². The molecule has 5 nitrogen and oxygen atoms in total. The summed E-state index contributed by atoms with van der Waals surface area (Å²) in [6.45, 7) is 2.63. The van der Waals surface area contributed by atoms with E-state index in [1.165, 1.54) is 0 Å². The Balaban J connectivity index is 1.75. The molecule has 0 radical (unpaired) electrons. The molecule has 1 aliphatic carbocycles. The lowest BCUT2D eigenvalue weighted by molar-refractivity contribution is -0.116. The van der Waals surface area contributed by atoms with Gasteiger partial charge in [0.05, 0.1) is 22.3 Å². The van der Waals surface area contributed by atoms with E-state index < -0.39 is 0 Å². The smallest absolute Gasteiger partial charge is 0.255 e. The van der Waals surface area contributed by atoms with Gasteiger partial charge >= 0.3 is 0 Å². The fourth-order valence-corrected chi connectivity index (χ4v) is 3.08. The summed E-state index contributed by atoms with van der Waals surface area (Å²) in [5, 5.41) is 6.46. The van der Waals surface area contributed by atoms with Crippen LogP contribution in [0.4, 0.5) is 11.4 Å². The van der Waals surface area contributed by atoms with E-state index in [4.69, 9.17) is 27.9 Å². The Bertz CT molecular complexity index is 898. The number of anilines is 2. The van der Waals surface area contributed by atoms with Crippen LogP contribution in [0.15, 0.2) is 36.4 Å². The summed E-state index contributed by atoms with van der Waals surface area (Å²) in [6.07, 6.45) is 4.61. The number of halogens is 2. The predicted molar refractivity (Wildman–Crippen MR) is 117 cm³/mol. The summed E-state index contributed by atoms with van der Waals surface area (Å²) in [5.74, 6) is 0.658. The van der Waals surface area contributed by atoms with E-state index in [2.05, 4.69) is 17.6 Å². The molecule has 0 aliphatic heterocycles. The highest BCUT2D eigenvalue weighted by molar-refractivity contribution is 6.42. The first-order chi connectivity index (χ1) is 14.0. The highest BCUT2D eigenvalue weighted by Gasteiger charge is 2.25. The van der Waals surface area contributed by atoms with Gasteiger partial charge in [-0.1, -0.05) is 36.5 Å². The number of unbranched alkanes of at least 4 members (excludes halogenated alkanes) is 1. The number of benzene rings is 2. The molecule has 1 aliphatic rings. The molecule has 1 saturated carbocycles. The number of nitrogens with one attached hydrogen (secondary N) is 2. The van der Waals surface area contributed by atoms with E-state index >= 15 is 0 Å². The molecule has 0 spiro atoms. The second-order valence-corrected chi connectivity index (χ2v) is 8.01. The van der Waals surface area contributed by atoms with Gasteiger partial charge in [0.1, 0.15) is 5.75 Å². The number of hydrogen-bond acceptors (Lipinski definition) is 3. The lowest BCUT2D eigenvalue weighted by Gasteiger charge is -2.14. The topological polar surface area (TPSA) is 67.4 Å². The first-order valence-electron chi connectivity index (χ1n) is 9.79.